The molecular weight excluding hydrogens is 330 g/mol. The number of anilines is 1. The minimum absolute atomic E-state index is 0.179. The zero-order chi connectivity index (χ0) is 17.4. The lowest BCUT2D eigenvalue weighted by Crippen LogP contribution is -2.34. The van der Waals surface area contributed by atoms with E-state index in [0.717, 1.165) is 5.56 Å². The summed E-state index contributed by atoms with van der Waals surface area (Å²) < 4.78 is 9.98. The van der Waals surface area contributed by atoms with Crippen LogP contribution < -0.4 is 10.6 Å². The number of hydrogen-bond acceptors (Lipinski definition) is 6. The maximum atomic E-state index is 12.0. The van der Waals surface area contributed by atoms with Gasteiger partial charge in [0.25, 0.3) is 5.91 Å². The molecule has 0 aliphatic heterocycles. The normalized spacial score (nSPS) is 10.6. The van der Waals surface area contributed by atoms with Gasteiger partial charge in [0.15, 0.2) is 11.4 Å². The number of nitrogens with one attached hydrogen (secondary N) is 2. The first-order valence-corrected chi connectivity index (χ1v) is 8.13. The van der Waals surface area contributed by atoms with Crippen LogP contribution in [0.2, 0.25) is 0 Å². The molecule has 7 nitrogen and oxygen atoms in total. The van der Waals surface area contributed by atoms with Crippen LogP contribution in [0.3, 0.4) is 0 Å². The Balaban J connectivity index is 1.86. The fourth-order valence-electron chi connectivity index (χ4n) is 1.91. The molecule has 0 bridgehead atoms. The summed E-state index contributed by atoms with van der Waals surface area (Å²) in [5.41, 5.74) is 1.15. The third-order valence-electron chi connectivity index (χ3n) is 3.15. The number of methoxy groups -OCH3 is 2. The highest BCUT2D eigenvalue weighted by Gasteiger charge is 2.14. The van der Waals surface area contributed by atoms with Gasteiger partial charge in [0.1, 0.15) is 5.69 Å². The minimum Gasteiger partial charge on any atom is -0.354 e. The van der Waals surface area contributed by atoms with Crippen LogP contribution in [0.4, 0.5) is 5.13 Å². The van der Waals surface area contributed by atoms with Crippen LogP contribution in [0, 0.1) is 0 Å². The third kappa shape index (κ3) is 5.41. The fraction of sp³-hybridized carbons (Fsp3) is 0.312. The molecule has 0 unspecified atom stereocenters. The molecule has 0 aliphatic rings. The van der Waals surface area contributed by atoms with E-state index in [1.54, 1.807) is 5.38 Å². The van der Waals surface area contributed by atoms with Gasteiger partial charge >= 0.3 is 0 Å². The van der Waals surface area contributed by atoms with Gasteiger partial charge < -0.3 is 20.1 Å². The molecule has 2 amide bonds. The van der Waals surface area contributed by atoms with E-state index < -0.39 is 6.29 Å². The molecule has 2 rings (SSSR count). The molecule has 0 atom stereocenters. The van der Waals surface area contributed by atoms with Gasteiger partial charge in [-0.05, 0) is 5.56 Å². The lowest BCUT2D eigenvalue weighted by atomic mass is 10.1. The van der Waals surface area contributed by atoms with E-state index in [-0.39, 0.29) is 30.5 Å². The molecule has 0 saturated heterocycles. The molecule has 0 fully saturated rings. The van der Waals surface area contributed by atoms with Crippen molar-refractivity contribution in [3.8, 4) is 0 Å². The number of aromatic nitrogens is 1. The zero-order valence-electron chi connectivity index (χ0n) is 13.4. The van der Waals surface area contributed by atoms with Crippen LogP contribution in [-0.4, -0.2) is 43.9 Å². The Morgan fingerprint density at radius 2 is 1.92 bits per heavy atom. The quantitative estimate of drug-likeness (QED) is 0.708. The highest BCUT2D eigenvalue weighted by Crippen LogP contribution is 2.16. The van der Waals surface area contributed by atoms with Crippen molar-refractivity contribution in [2.75, 3.05) is 26.1 Å². The van der Waals surface area contributed by atoms with Gasteiger partial charge in [0.2, 0.25) is 5.91 Å². The van der Waals surface area contributed by atoms with Crippen LogP contribution in [0.25, 0.3) is 0 Å². The summed E-state index contributed by atoms with van der Waals surface area (Å²) in [6.45, 7) is 0.207. The second kappa shape index (κ2) is 9.11. The van der Waals surface area contributed by atoms with E-state index in [2.05, 4.69) is 15.6 Å². The number of hydrogen-bond donors (Lipinski definition) is 2. The lowest BCUT2D eigenvalue weighted by molar-refractivity contribution is -0.115. The van der Waals surface area contributed by atoms with Gasteiger partial charge in [0, 0.05) is 19.6 Å². The Morgan fingerprint density at radius 1 is 1.21 bits per heavy atom. The fourth-order valence-corrected chi connectivity index (χ4v) is 2.62. The average Bonchev–Trinajstić information content (AvgIpc) is 3.05. The Hall–Kier alpha value is -2.29. The Kier molecular flexibility index (Phi) is 6.86. The molecule has 0 saturated carbocycles. The first kappa shape index (κ1) is 18.1. The Morgan fingerprint density at radius 3 is 2.58 bits per heavy atom. The lowest BCUT2D eigenvalue weighted by Gasteiger charge is -2.13. The number of carbonyl (C=O) groups excluding carboxylic acids is 2. The van der Waals surface area contributed by atoms with Gasteiger partial charge in [-0.1, -0.05) is 30.3 Å². The number of benzene rings is 1. The molecule has 2 aromatic rings. The van der Waals surface area contributed by atoms with E-state index in [1.165, 1.54) is 25.6 Å². The Bertz CT molecular complexity index is 671. The van der Waals surface area contributed by atoms with Gasteiger partial charge in [-0.15, -0.1) is 11.3 Å². The van der Waals surface area contributed by atoms with Crippen molar-refractivity contribution in [1.29, 1.82) is 0 Å². The molecule has 24 heavy (non-hydrogen) atoms. The zero-order valence-corrected chi connectivity index (χ0v) is 14.3. The predicted octanol–water partition coefficient (Wildman–Crippen LogP) is 1.67. The van der Waals surface area contributed by atoms with E-state index in [9.17, 15) is 9.59 Å². The molecule has 1 heterocycles. The summed E-state index contributed by atoms with van der Waals surface area (Å²) in [7, 11) is 2.98. The first-order chi connectivity index (χ1) is 11.6. The van der Waals surface area contributed by atoms with E-state index >= 15 is 0 Å². The number of thiazole rings is 1. The number of amides is 2. The molecular formula is C16H19N3O4S. The summed E-state index contributed by atoms with van der Waals surface area (Å²) in [5.74, 6) is -0.532. The SMILES string of the molecule is COC(CNC(=O)c1csc(NC(=O)Cc2ccccc2)n1)OC. The molecule has 8 heteroatoms. The largest absolute Gasteiger partial charge is 0.354 e. The summed E-state index contributed by atoms with van der Waals surface area (Å²) >= 11 is 1.20. The highest BCUT2D eigenvalue weighted by atomic mass is 32.1. The van der Waals surface area contributed by atoms with Gasteiger partial charge in [-0.25, -0.2) is 4.98 Å². The van der Waals surface area contributed by atoms with Crippen molar-refractivity contribution in [3.05, 3.63) is 47.0 Å². The van der Waals surface area contributed by atoms with Gasteiger partial charge in [-0.3, -0.25) is 9.59 Å². The van der Waals surface area contributed by atoms with Crippen molar-refractivity contribution in [2.45, 2.75) is 12.7 Å². The highest BCUT2D eigenvalue weighted by molar-refractivity contribution is 7.14. The molecule has 1 aromatic carbocycles. The summed E-state index contributed by atoms with van der Waals surface area (Å²) in [6.07, 6.45) is -0.261. The molecule has 128 valence electrons. The molecule has 2 N–H and O–H groups in total. The molecule has 0 aliphatic carbocycles. The van der Waals surface area contributed by atoms with Crippen LogP contribution in [-0.2, 0) is 20.7 Å². The van der Waals surface area contributed by atoms with Crippen LogP contribution >= 0.6 is 11.3 Å². The molecule has 0 radical (unpaired) electrons. The topological polar surface area (TPSA) is 89.6 Å². The number of carbonyl (C=O) groups is 2. The van der Waals surface area contributed by atoms with Crippen molar-refractivity contribution in [2.24, 2.45) is 0 Å². The van der Waals surface area contributed by atoms with E-state index in [0.29, 0.717) is 5.13 Å². The number of rotatable bonds is 8. The maximum absolute atomic E-state index is 12.0. The molecule has 0 spiro atoms. The van der Waals surface area contributed by atoms with Crippen LogP contribution in [0.5, 0.6) is 0 Å². The van der Waals surface area contributed by atoms with Gasteiger partial charge in [-0.2, -0.15) is 0 Å². The average molecular weight is 349 g/mol. The van der Waals surface area contributed by atoms with Crippen LogP contribution in [0.15, 0.2) is 35.7 Å². The first-order valence-electron chi connectivity index (χ1n) is 7.25. The van der Waals surface area contributed by atoms with Crippen molar-refractivity contribution in [1.82, 2.24) is 10.3 Å². The number of nitrogens with zero attached hydrogens (tertiary/aromatic N) is 1. The standard InChI is InChI=1S/C16H19N3O4S/c1-22-14(23-2)9-17-15(21)12-10-24-16(18-12)19-13(20)8-11-6-4-3-5-7-11/h3-7,10,14H,8-9H2,1-2H3,(H,17,21)(H,18,19,20). The summed E-state index contributed by atoms with van der Waals surface area (Å²) in [6, 6.07) is 9.40. The van der Waals surface area contributed by atoms with Crippen molar-refractivity contribution in [3.63, 3.8) is 0 Å². The second-order valence-electron chi connectivity index (χ2n) is 4.86. The Labute approximate surface area is 144 Å². The summed E-state index contributed by atoms with van der Waals surface area (Å²) in [5, 5.41) is 7.31. The van der Waals surface area contributed by atoms with E-state index in [1.807, 2.05) is 30.3 Å². The van der Waals surface area contributed by atoms with Crippen molar-refractivity contribution < 1.29 is 19.1 Å². The smallest absolute Gasteiger partial charge is 0.271 e. The number of ether oxygens (including phenoxy) is 2. The maximum Gasteiger partial charge on any atom is 0.271 e. The third-order valence-corrected chi connectivity index (χ3v) is 3.90. The van der Waals surface area contributed by atoms with Gasteiger partial charge in [0.05, 0.1) is 13.0 Å². The van der Waals surface area contributed by atoms with Crippen molar-refractivity contribution >= 4 is 28.3 Å². The molecule has 1 aromatic heterocycles. The predicted molar refractivity (Wildman–Crippen MR) is 91.0 cm³/mol. The minimum atomic E-state index is -0.516. The second-order valence-corrected chi connectivity index (χ2v) is 5.72. The van der Waals surface area contributed by atoms with E-state index in [4.69, 9.17) is 9.47 Å². The monoisotopic (exact) mass is 349 g/mol. The van der Waals surface area contributed by atoms with Crippen LogP contribution in [0.1, 0.15) is 16.1 Å². The summed E-state index contributed by atoms with van der Waals surface area (Å²) in [4.78, 5) is 28.1.